The Morgan fingerprint density at radius 1 is 0.680 bits per heavy atom. The molecular weight excluding hydrogens is 335 g/mol. The first kappa shape index (κ1) is 17.4. The summed E-state index contributed by atoms with van der Waals surface area (Å²) in [5.41, 5.74) is 1.81. The van der Waals surface area contributed by atoms with Gasteiger partial charge in [-0.3, -0.25) is 4.57 Å². The number of phenols is 1. The zero-order chi connectivity index (χ0) is 17.5. The van der Waals surface area contributed by atoms with Crippen LogP contribution in [0.25, 0.3) is 0 Å². The quantitative estimate of drug-likeness (QED) is 0.628. The van der Waals surface area contributed by atoms with Crippen molar-refractivity contribution in [2.45, 2.75) is 13.2 Å². The molecule has 0 fully saturated rings. The molecule has 0 spiro atoms. The molecule has 0 saturated carbocycles. The molecule has 128 valence electrons. The van der Waals surface area contributed by atoms with Crippen LogP contribution in [0.4, 0.5) is 0 Å². The van der Waals surface area contributed by atoms with Crippen LogP contribution in [0, 0.1) is 0 Å². The summed E-state index contributed by atoms with van der Waals surface area (Å²) in [5.74, 6) is 0.0985. The molecule has 0 aliphatic heterocycles. The van der Waals surface area contributed by atoms with Crippen molar-refractivity contribution in [2.75, 3.05) is 0 Å². The van der Waals surface area contributed by atoms with E-state index in [1.54, 1.807) is 12.1 Å². The van der Waals surface area contributed by atoms with E-state index in [1.807, 2.05) is 60.7 Å². The maximum absolute atomic E-state index is 13.3. The lowest BCUT2D eigenvalue weighted by Crippen LogP contribution is -2.10. The van der Waals surface area contributed by atoms with E-state index in [0.29, 0.717) is 5.30 Å². The van der Waals surface area contributed by atoms with E-state index < -0.39 is 7.60 Å². The van der Waals surface area contributed by atoms with Gasteiger partial charge in [-0.2, -0.15) is 0 Å². The Morgan fingerprint density at radius 2 is 1.12 bits per heavy atom. The van der Waals surface area contributed by atoms with E-state index in [0.717, 1.165) is 11.1 Å². The molecule has 0 heterocycles. The van der Waals surface area contributed by atoms with E-state index in [9.17, 15) is 9.67 Å². The molecule has 0 radical (unpaired) electrons. The second-order valence-electron chi connectivity index (χ2n) is 5.53. The molecule has 5 heteroatoms. The lowest BCUT2D eigenvalue weighted by Gasteiger charge is -2.19. The molecule has 0 unspecified atom stereocenters. The molecule has 0 aromatic heterocycles. The van der Waals surface area contributed by atoms with Crippen LogP contribution >= 0.6 is 7.60 Å². The zero-order valence-corrected chi connectivity index (χ0v) is 14.5. The van der Waals surface area contributed by atoms with Crippen LogP contribution in [0.1, 0.15) is 11.1 Å². The Balaban J connectivity index is 1.79. The van der Waals surface area contributed by atoms with E-state index >= 15 is 0 Å². The summed E-state index contributed by atoms with van der Waals surface area (Å²) in [5, 5.41) is 9.88. The fourth-order valence-electron chi connectivity index (χ4n) is 2.29. The molecule has 0 saturated heterocycles. The van der Waals surface area contributed by atoms with Crippen molar-refractivity contribution in [3.05, 3.63) is 96.1 Å². The normalized spacial score (nSPS) is 11.4. The Hall–Kier alpha value is -2.39. The highest BCUT2D eigenvalue weighted by atomic mass is 31.2. The molecule has 0 amide bonds. The Bertz CT molecular complexity index is 785. The number of aromatic hydroxyl groups is 1. The van der Waals surface area contributed by atoms with Crippen molar-refractivity contribution in [3.8, 4) is 5.75 Å². The summed E-state index contributed by atoms with van der Waals surface area (Å²) in [6.07, 6.45) is 0. The Morgan fingerprint density at radius 3 is 1.56 bits per heavy atom. The molecule has 3 aromatic carbocycles. The second kappa shape index (κ2) is 8.13. The van der Waals surface area contributed by atoms with Gasteiger partial charge in [0.05, 0.1) is 18.5 Å². The van der Waals surface area contributed by atoms with Gasteiger partial charge in [-0.15, -0.1) is 0 Å². The van der Waals surface area contributed by atoms with Crippen molar-refractivity contribution >= 4 is 12.9 Å². The first-order valence-electron chi connectivity index (χ1n) is 7.92. The average Bonchev–Trinajstić information content (AvgIpc) is 2.67. The highest BCUT2D eigenvalue weighted by molar-refractivity contribution is 7.62. The number of rotatable bonds is 7. The average molecular weight is 354 g/mol. The largest absolute Gasteiger partial charge is 0.508 e. The first-order chi connectivity index (χ1) is 12.2. The minimum atomic E-state index is -3.53. The van der Waals surface area contributed by atoms with Crippen molar-refractivity contribution in [1.29, 1.82) is 0 Å². The molecule has 4 nitrogen and oxygen atoms in total. The van der Waals surface area contributed by atoms with Crippen LogP contribution in [-0.4, -0.2) is 5.11 Å². The van der Waals surface area contributed by atoms with Gasteiger partial charge in [0, 0.05) is 0 Å². The van der Waals surface area contributed by atoms with Gasteiger partial charge in [0.25, 0.3) is 0 Å². The van der Waals surface area contributed by atoms with Crippen LogP contribution in [0.3, 0.4) is 0 Å². The second-order valence-corrected chi connectivity index (χ2v) is 7.56. The van der Waals surface area contributed by atoms with Gasteiger partial charge in [0.2, 0.25) is 0 Å². The minimum Gasteiger partial charge on any atom is -0.508 e. The van der Waals surface area contributed by atoms with E-state index in [1.165, 1.54) is 12.1 Å². The van der Waals surface area contributed by atoms with Crippen molar-refractivity contribution in [3.63, 3.8) is 0 Å². The van der Waals surface area contributed by atoms with Crippen molar-refractivity contribution < 1.29 is 18.7 Å². The maximum atomic E-state index is 13.3. The predicted octanol–water partition coefficient (Wildman–Crippen LogP) is 4.64. The van der Waals surface area contributed by atoms with Gasteiger partial charge >= 0.3 is 7.60 Å². The predicted molar refractivity (Wildman–Crippen MR) is 97.8 cm³/mol. The van der Waals surface area contributed by atoms with Crippen molar-refractivity contribution in [1.82, 2.24) is 0 Å². The fraction of sp³-hybridized carbons (Fsp3) is 0.100. The molecule has 0 aliphatic carbocycles. The number of benzene rings is 3. The maximum Gasteiger partial charge on any atom is 0.361 e. The standard InChI is InChI=1S/C20H19O4P/c21-19-11-13-20(14-12-19)25(22,23-15-17-7-3-1-4-8-17)24-16-18-9-5-2-6-10-18/h1-14,21H,15-16H2. The van der Waals surface area contributed by atoms with Gasteiger partial charge in [-0.25, -0.2) is 0 Å². The summed E-state index contributed by atoms with van der Waals surface area (Å²) in [4.78, 5) is 0. The zero-order valence-electron chi connectivity index (χ0n) is 13.6. The van der Waals surface area contributed by atoms with Gasteiger partial charge in [-0.05, 0) is 35.4 Å². The molecule has 3 aromatic rings. The lowest BCUT2D eigenvalue weighted by atomic mass is 10.2. The third-order valence-corrected chi connectivity index (χ3v) is 5.52. The first-order valence-corrected chi connectivity index (χ1v) is 9.46. The van der Waals surface area contributed by atoms with Crippen LogP contribution in [-0.2, 0) is 26.8 Å². The Kier molecular flexibility index (Phi) is 5.67. The minimum absolute atomic E-state index is 0.0985. The molecule has 3 rings (SSSR count). The van der Waals surface area contributed by atoms with Crippen LogP contribution in [0.5, 0.6) is 5.75 Å². The van der Waals surface area contributed by atoms with Crippen LogP contribution < -0.4 is 5.30 Å². The summed E-state index contributed by atoms with van der Waals surface area (Å²) >= 11 is 0. The van der Waals surface area contributed by atoms with E-state index in [-0.39, 0.29) is 19.0 Å². The smallest absolute Gasteiger partial charge is 0.361 e. The van der Waals surface area contributed by atoms with Crippen LogP contribution in [0.15, 0.2) is 84.9 Å². The van der Waals surface area contributed by atoms with Gasteiger partial charge in [0.15, 0.2) is 0 Å². The summed E-state index contributed by atoms with van der Waals surface area (Å²) in [7, 11) is -3.53. The van der Waals surface area contributed by atoms with Gasteiger partial charge in [0.1, 0.15) is 5.75 Å². The summed E-state index contributed by atoms with van der Waals surface area (Å²) in [6.45, 7) is 0.349. The number of hydrogen-bond acceptors (Lipinski definition) is 4. The highest BCUT2D eigenvalue weighted by Gasteiger charge is 2.28. The van der Waals surface area contributed by atoms with Crippen molar-refractivity contribution in [2.24, 2.45) is 0 Å². The SMILES string of the molecule is O=P(OCc1ccccc1)(OCc1ccccc1)c1ccc(O)cc1. The highest BCUT2D eigenvalue weighted by Crippen LogP contribution is 2.48. The van der Waals surface area contributed by atoms with Gasteiger partial charge < -0.3 is 14.2 Å². The van der Waals surface area contributed by atoms with E-state index in [4.69, 9.17) is 9.05 Å². The molecular formula is C20H19O4P. The Labute approximate surface area is 147 Å². The third kappa shape index (κ3) is 4.80. The number of phenolic OH excluding ortho intramolecular Hbond substituents is 1. The van der Waals surface area contributed by atoms with E-state index in [2.05, 4.69) is 0 Å². The summed E-state index contributed by atoms with van der Waals surface area (Å²) in [6, 6.07) is 25.1. The monoisotopic (exact) mass is 354 g/mol. The molecule has 1 N–H and O–H groups in total. The fourth-order valence-corrected chi connectivity index (χ4v) is 3.81. The lowest BCUT2D eigenvalue weighted by molar-refractivity contribution is 0.200. The summed E-state index contributed by atoms with van der Waals surface area (Å²) < 4.78 is 24.8. The molecule has 0 atom stereocenters. The van der Waals surface area contributed by atoms with Gasteiger partial charge in [-0.1, -0.05) is 60.7 Å². The topological polar surface area (TPSA) is 55.8 Å². The molecule has 0 bridgehead atoms. The molecule has 25 heavy (non-hydrogen) atoms. The number of hydrogen-bond donors (Lipinski definition) is 1. The van der Waals surface area contributed by atoms with Crippen LogP contribution in [0.2, 0.25) is 0 Å². The molecule has 0 aliphatic rings. The third-order valence-electron chi connectivity index (χ3n) is 3.65.